The lowest BCUT2D eigenvalue weighted by Crippen LogP contribution is -2.68. The van der Waals surface area contributed by atoms with Crippen molar-refractivity contribution >= 4 is 47.0 Å². The molecular formula is C16H13F3N6O4S2. The number of carboxylic acid groups (broad SMARTS) is 1. The fourth-order valence-electron chi connectivity index (χ4n) is 3.21. The van der Waals surface area contributed by atoms with E-state index in [9.17, 15) is 32.7 Å². The summed E-state index contributed by atoms with van der Waals surface area (Å²) in [7, 11) is 0. The van der Waals surface area contributed by atoms with Crippen LogP contribution in [-0.2, 0) is 15.8 Å². The van der Waals surface area contributed by atoms with Crippen molar-refractivity contribution < 1.29 is 32.7 Å². The third kappa shape index (κ3) is 3.51. The molecule has 0 aromatic carbocycles. The third-order valence-electron chi connectivity index (χ3n) is 4.68. The van der Waals surface area contributed by atoms with E-state index >= 15 is 0 Å². The fourth-order valence-corrected chi connectivity index (χ4v) is 5.64. The summed E-state index contributed by atoms with van der Waals surface area (Å²) in [5.41, 5.74) is 9.12. The van der Waals surface area contributed by atoms with Crippen molar-refractivity contribution in [3.63, 3.8) is 0 Å². The number of carboxylic acids is 1. The van der Waals surface area contributed by atoms with Crippen molar-refractivity contribution in [3.8, 4) is 0 Å². The molecule has 2 aromatic rings. The van der Waals surface area contributed by atoms with Crippen molar-refractivity contribution in [1.29, 1.82) is 0 Å². The van der Waals surface area contributed by atoms with Crippen LogP contribution >= 0.6 is 23.5 Å². The highest BCUT2D eigenvalue weighted by Crippen LogP contribution is 2.41. The van der Waals surface area contributed by atoms with E-state index < -0.39 is 41.1 Å². The van der Waals surface area contributed by atoms with Crippen LogP contribution in [0.25, 0.3) is 5.65 Å². The number of halogens is 3. The molecule has 1 fully saturated rings. The average Bonchev–Trinajstić information content (AvgIpc) is 3.14. The number of nitrogens with two attached hydrogens (primary N) is 2. The van der Waals surface area contributed by atoms with Crippen LogP contribution in [0.4, 0.5) is 13.2 Å². The molecule has 2 aliphatic heterocycles. The molecule has 4 heterocycles. The first kappa shape index (κ1) is 21.5. The quantitative estimate of drug-likeness (QED) is 0.319. The molecule has 0 radical (unpaired) electrons. The van der Waals surface area contributed by atoms with Gasteiger partial charge in [-0.2, -0.15) is 18.3 Å². The standard InChI is InChI=1S/C16H13F3N6O4S2/c17-16(18,19)7-1-8(25-12(23-7)6(2-22-25)11(21)26)30-3-5-4-31-14-9(20)13(27)24(14)10(5)15(28)29/h1-2,9,14H,3-4,20H2,(H2,21,26)(H,28,29)/t9-,14-/m1/s1. The number of amides is 2. The SMILES string of the molecule is NC(=O)c1cnn2c(SCC3=C(C(=O)O)N4C(=O)[C@@H](N)[C@H]4SC3)cc(C(F)(F)F)nc12. The first-order chi connectivity index (χ1) is 14.5. The Hall–Kier alpha value is -2.78. The number of hydrogen-bond acceptors (Lipinski definition) is 8. The van der Waals surface area contributed by atoms with Gasteiger partial charge >= 0.3 is 12.1 Å². The zero-order chi connectivity index (χ0) is 22.7. The third-order valence-corrected chi connectivity index (χ3v) is 7.12. The molecule has 2 amide bonds. The largest absolute Gasteiger partial charge is 0.477 e. The zero-order valence-electron chi connectivity index (χ0n) is 15.3. The van der Waals surface area contributed by atoms with E-state index in [2.05, 4.69) is 10.1 Å². The molecule has 4 rings (SSSR count). The van der Waals surface area contributed by atoms with Crippen LogP contribution in [-0.4, -0.2) is 65.3 Å². The first-order valence-corrected chi connectivity index (χ1v) is 10.6. The molecular weight excluding hydrogens is 461 g/mol. The normalized spacial score (nSPS) is 21.3. The molecule has 5 N–H and O–H groups in total. The number of alkyl halides is 3. The highest BCUT2D eigenvalue weighted by Gasteiger charge is 2.51. The van der Waals surface area contributed by atoms with Gasteiger partial charge in [0.1, 0.15) is 33.4 Å². The molecule has 10 nitrogen and oxygen atoms in total. The molecule has 2 aliphatic rings. The molecule has 31 heavy (non-hydrogen) atoms. The maximum absolute atomic E-state index is 13.3. The van der Waals surface area contributed by atoms with E-state index in [4.69, 9.17) is 11.5 Å². The number of carbonyl (C=O) groups excluding carboxylic acids is 2. The number of hydrogen-bond donors (Lipinski definition) is 3. The molecule has 2 aromatic heterocycles. The Bertz CT molecular complexity index is 1160. The number of rotatable bonds is 5. The lowest BCUT2D eigenvalue weighted by molar-refractivity contribution is -0.147. The summed E-state index contributed by atoms with van der Waals surface area (Å²) >= 11 is 2.14. The van der Waals surface area contributed by atoms with E-state index in [1.807, 2.05) is 0 Å². The first-order valence-electron chi connectivity index (χ1n) is 8.55. The van der Waals surface area contributed by atoms with Crippen LogP contribution in [0.2, 0.25) is 0 Å². The van der Waals surface area contributed by atoms with Gasteiger partial charge in [0.2, 0.25) is 5.91 Å². The minimum atomic E-state index is -4.80. The summed E-state index contributed by atoms with van der Waals surface area (Å²) in [6.45, 7) is 0. The Morgan fingerprint density at radius 3 is 2.71 bits per heavy atom. The summed E-state index contributed by atoms with van der Waals surface area (Å²) in [5.74, 6) is -2.64. The number of fused-ring (bicyclic) bond motifs is 2. The number of β-lactam (4-membered cyclic amide) rings is 1. The van der Waals surface area contributed by atoms with E-state index in [0.29, 0.717) is 5.57 Å². The van der Waals surface area contributed by atoms with E-state index in [1.165, 1.54) is 11.8 Å². The Morgan fingerprint density at radius 1 is 1.39 bits per heavy atom. The van der Waals surface area contributed by atoms with Crippen LogP contribution in [0.15, 0.2) is 28.6 Å². The van der Waals surface area contributed by atoms with Gasteiger partial charge in [0, 0.05) is 17.6 Å². The summed E-state index contributed by atoms with van der Waals surface area (Å²) in [6, 6.07) is -0.0427. The van der Waals surface area contributed by atoms with Crippen LogP contribution in [0.1, 0.15) is 16.1 Å². The Kier molecular flexibility index (Phi) is 5.13. The number of primary amides is 1. The Balaban J connectivity index is 1.72. The van der Waals surface area contributed by atoms with E-state index in [-0.39, 0.29) is 33.4 Å². The van der Waals surface area contributed by atoms with Crippen molar-refractivity contribution in [2.24, 2.45) is 11.5 Å². The van der Waals surface area contributed by atoms with E-state index in [0.717, 1.165) is 33.4 Å². The number of aromatic nitrogens is 3. The monoisotopic (exact) mass is 474 g/mol. The predicted octanol–water partition coefficient (Wildman–Crippen LogP) is 0.520. The zero-order valence-corrected chi connectivity index (χ0v) is 16.9. The molecule has 164 valence electrons. The van der Waals surface area contributed by atoms with E-state index in [1.54, 1.807) is 0 Å². The van der Waals surface area contributed by atoms with Gasteiger partial charge in [-0.25, -0.2) is 14.3 Å². The van der Waals surface area contributed by atoms with Crippen molar-refractivity contribution in [1.82, 2.24) is 19.5 Å². The molecule has 0 bridgehead atoms. The van der Waals surface area contributed by atoms with Crippen LogP contribution in [0.3, 0.4) is 0 Å². The van der Waals surface area contributed by atoms with Gasteiger partial charge in [-0.05, 0) is 5.57 Å². The summed E-state index contributed by atoms with van der Waals surface area (Å²) < 4.78 is 41.0. The fraction of sp³-hybridized carbons (Fsp3) is 0.312. The highest BCUT2D eigenvalue weighted by molar-refractivity contribution is 8.01. The molecule has 1 saturated heterocycles. The van der Waals surface area contributed by atoms with Gasteiger partial charge in [-0.15, -0.1) is 23.5 Å². The van der Waals surface area contributed by atoms with Crippen LogP contribution < -0.4 is 11.5 Å². The van der Waals surface area contributed by atoms with Crippen LogP contribution in [0.5, 0.6) is 0 Å². The topological polar surface area (TPSA) is 157 Å². The van der Waals surface area contributed by atoms with Gasteiger partial charge in [-0.3, -0.25) is 14.5 Å². The lowest BCUT2D eigenvalue weighted by atomic mass is 10.0. The minimum Gasteiger partial charge on any atom is -0.477 e. The smallest absolute Gasteiger partial charge is 0.433 e. The maximum Gasteiger partial charge on any atom is 0.433 e. The number of carbonyl (C=O) groups is 3. The second kappa shape index (κ2) is 7.42. The van der Waals surface area contributed by atoms with Crippen molar-refractivity contribution in [3.05, 3.63) is 34.8 Å². The summed E-state index contributed by atoms with van der Waals surface area (Å²) in [5, 5.41) is 13.0. The van der Waals surface area contributed by atoms with Gasteiger partial charge in [0.05, 0.1) is 6.20 Å². The maximum atomic E-state index is 13.3. The minimum absolute atomic E-state index is 0.0270. The second-order valence-corrected chi connectivity index (χ2v) is 8.72. The Morgan fingerprint density at radius 2 is 2.10 bits per heavy atom. The molecule has 0 unspecified atom stereocenters. The summed E-state index contributed by atoms with van der Waals surface area (Å²) in [4.78, 5) is 39.9. The highest BCUT2D eigenvalue weighted by atomic mass is 32.2. The molecule has 0 saturated carbocycles. The van der Waals surface area contributed by atoms with Crippen molar-refractivity contribution in [2.75, 3.05) is 11.5 Å². The lowest BCUT2D eigenvalue weighted by Gasteiger charge is -2.48. The molecule has 0 spiro atoms. The van der Waals surface area contributed by atoms with Gasteiger partial charge in [0.25, 0.3) is 5.91 Å². The van der Waals surface area contributed by atoms with Crippen molar-refractivity contribution in [2.45, 2.75) is 22.6 Å². The summed E-state index contributed by atoms with van der Waals surface area (Å²) in [6.07, 6.45) is -3.78. The predicted molar refractivity (Wildman–Crippen MR) is 103 cm³/mol. The average molecular weight is 474 g/mol. The number of nitrogens with zero attached hydrogens (tertiary/aromatic N) is 4. The number of aliphatic carboxylic acids is 1. The molecule has 0 aliphatic carbocycles. The molecule has 2 atom stereocenters. The second-order valence-electron chi connectivity index (χ2n) is 6.62. The van der Waals surface area contributed by atoms with Crippen LogP contribution in [0, 0.1) is 0 Å². The van der Waals surface area contributed by atoms with Gasteiger partial charge in [-0.1, -0.05) is 0 Å². The molecule has 15 heteroatoms. The van der Waals surface area contributed by atoms with Gasteiger partial charge in [0.15, 0.2) is 5.65 Å². The Labute approximate surface area is 179 Å². The number of thioether (sulfide) groups is 2. The van der Waals surface area contributed by atoms with Gasteiger partial charge < -0.3 is 16.6 Å².